The number of aromatic nitrogens is 3. The molecule has 7 nitrogen and oxygen atoms in total. The van der Waals surface area contributed by atoms with Gasteiger partial charge >= 0.3 is 0 Å². The third-order valence-corrected chi connectivity index (χ3v) is 5.93. The van der Waals surface area contributed by atoms with E-state index in [9.17, 15) is 14.0 Å². The Hall–Kier alpha value is -3.10. The van der Waals surface area contributed by atoms with Crippen LogP contribution in [-0.4, -0.2) is 46.9 Å². The molecule has 0 bridgehead atoms. The molecule has 166 valence electrons. The van der Waals surface area contributed by atoms with E-state index < -0.39 is 5.41 Å². The van der Waals surface area contributed by atoms with Crippen LogP contribution < -0.4 is 5.32 Å². The highest BCUT2D eigenvalue weighted by Crippen LogP contribution is 2.33. The molecular weight excluding hydrogens is 435 g/mol. The number of carbonyl (C=O) groups is 2. The molecule has 2 atom stereocenters. The van der Waals surface area contributed by atoms with Gasteiger partial charge in [-0.2, -0.15) is 15.4 Å². The number of nitrogens with zero attached hydrogens (tertiary/aromatic N) is 2. The average molecular weight is 457 g/mol. The van der Waals surface area contributed by atoms with E-state index in [2.05, 4.69) is 20.7 Å². The Morgan fingerprint density at radius 2 is 2.12 bits per heavy atom. The van der Waals surface area contributed by atoms with Gasteiger partial charge in [0.2, 0.25) is 0 Å². The minimum atomic E-state index is -0.633. The van der Waals surface area contributed by atoms with Gasteiger partial charge in [0.25, 0.3) is 5.91 Å². The topological polar surface area (TPSA) is 97.0 Å². The minimum absolute atomic E-state index is 0.171. The van der Waals surface area contributed by atoms with Crippen molar-refractivity contribution in [2.24, 2.45) is 5.41 Å². The van der Waals surface area contributed by atoms with Crippen LogP contribution in [0.25, 0.3) is 11.1 Å². The normalized spacial score (nSPS) is 18.9. The molecule has 2 N–H and O–H groups in total. The molecule has 3 aromatic rings. The van der Waals surface area contributed by atoms with Gasteiger partial charge in [-0.1, -0.05) is 35.9 Å². The lowest BCUT2D eigenvalue weighted by Gasteiger charge is -2.27. The number of amides is 1. The van der Waals surface area contributed by atoms with Crippen molar-refractivity contribution in [3.05, 3.63) is 70.8 Å². The van der Waals surface area contributed by atoms with Crippen molar-refractivity contribution < 1.29 is 18.7 Å². The predicted octanol–water partition coefficient (Wildman–Crippen LogP) is 3.60. The molecule has 1 fully saturated rings. The third kappa shape index (κ3) is 5.03. The van der Waals surface area contributed by atoms with Crippen LogP contribution in [0.2, 0.25) is 5.02 Å². The van der Waals surface area contributed by atoms with Crippen LogP contribution in [0.1, 0.15) is 28.9 Å². The number of ether oxygens (including phenoxy) is 1. The number of rotatable bonds is 8. The summed E-state index contributed by atoms with van der Waals surface area (Å²) < 4.78 is 19.6. The van der Waals surface area contributed by atoms with Crippen molar-refractivity contribution >= 4 is 23.8 Å². The van der Waals surface area contributed by atoms with Gasteiger partial charge in [0.05, 0.1) is 18.2 Å². The van der Waals surface area contributed by atoms with Crippen molar-refractivity contribution in [1.82, 2.24) is 20.7 Å². The summed E-state index contributed by atoms with van der Waals surface area (Å²) in [7, 11) is 0. The highest BCUT2D eigenvalue weighted by atomic mass is 35.5. The fraction of sp³-hybridized carbons (Fsp3) is 0.304. The molecule has 0 saturated carbocycles. The van der Waals surface area contributed by atoms with Gasteiger partial charge < -0.3 is 14.8 Å². The molecule has 9 heteroatoms. The molecule has 2 heterocycles. The number of aldehydes is 1. The molecule has 4 rings (SSSR count). The standard InChI is InChI=1S/C23H22ClFN4O3/c24-17-5-6-20(25)19(10-17)16-3-1-15(2-4-16)9-18(11-23(13-30)7-8-32-14-23)27-22(31)21-12-26-29-28-21/h1-6,10,12-13,18H,7-9,11,14H2,(H,27,31)(H,26,28,29)/t18-,23?/m1/s1. The molecule has 1 unspecified atom stereocenters. The summed E-state index contributed by atoms with van der Waals surface area (Å²) in [4.78, 5) is 24.4. The number of hydrogen-bond acceptors (Lipinski definition) is 5. The Morgan fingerprint density at radius 1 is 1.31 bits per heavy atom. The van der Waals surface area contributed by atoms with Crippen LogP contribution in [0.3, 0.4) is 0 Å². The summed E-state index contributed by atoms with van der Waals surface area (Å²) >= 11 is 6.01. The van der Waals surface area contributed by atoms with Gasteiger partial charge in [0, 0.05) is 23.2 Å². The second-order valence-corrected chi connectivity index (χ2v) is 8.47. The molecule has 0 radical (unpaired) electrons. The molecule has 1 aromatic heterocycles. The molecule has 1 aliphatic rings. The maximum absolute atomic E-state index is 14.2. The van der Waals surface area contributed by atoms with Crippen molar-refractivity contribution in [1.29, 1.82) is 0 Å². The summed E-state index contributed by atoms with van der Waals surface area (Å²) in [5.41, 5.74) is 1.59. The van der Waals surface area contributed by atoms with E-state index in [1.165, 1.54) is 18.3 Å². The number of H-pyrrole nitrogens is 1. The van der Waals surface area contributed by atoms with Crippen LogP contribution in [0, 0.1) is 11.2 Å². The third-order valence-electron chi connectivity index (χ3n) is 5.70. The number of hydrogen-bond donors (Lipinski definition) is 2. The van der Waals surface area contributed by atoms with E-state index in [4.69, 9.17) is 16.3 Å². The summed E-state index contributed by atoms with van der Waals surface area (Å²) in [5.74, 6) is -0.726. The molecule has 32 heavy (non-hydrogen) atoms. The molecule has 0 spiro atoms. The Morgan fingerprint density at radius 3 is 2.78 bits per heavy atom. The first-order valence-corrected chi connectivity index (χ1v) is 10.6. The van der Waals surface area contributed by atoms with Gasteiger partial charge in [0.1, 0.15) is 12.1 Å². The van der Waals surface area contributed by atoms with Crippen LogP contribution in [0.4, 0.5) is 4.39 Å². The van der Waals surface area contributed by atoms with Crippen molar-refractivity contribution in [2.75, 3.05) is 13.2 Å². The number of carbonyl (C=O) groups excluding carboxylic acids is 2. The minimum Gasteiger partial charge on any atom is -0.380 e. The second-order valence-electron chi connectivity index (χ2n) is 8.04. The lowest BCUT2D eigenvalue weighted by atomic mass is 9.81. The Labute approximate surface area is 189 Å². The lowest BCUT2D eigenvalue weighted by molar-refractivity contribution is -0.116. The fourth-order valence-electron chi connectivity index (χ4n) is 3.98. The van der Waals surface area contributed by atoms with Crippen molar-refractivity contribution in [3.8, 4) is 11.1 Å². The molecular formula is C23H22ClFN4O3. The zero-order chi connectivity index (χ0) is 22.6. The maximum atomic E-state index is 14.2. The Balaban J connectivity index is 1.53. The van der Waals surface area contributed by atoms with Gasteiger partial charge in [-0.05, 0) is 48.6 Å². The number of nitrogens with one attached hydrogen (secondary N) is 2. The quantitative estimate of drug-likeness (QED) is 0.505. The van der Waals surface area contributed by atoms with E-state index in [1.807, 2.05) is 24.3 Å². The summed E-state index contributed by atoms with van der Waals surface area (Å²) in [6.07, 6.45) is 3.80. The smallest absolute Gasteiger partial charge is 0.273 e. The van der Waals surface area contributed by atoms with E-state index in [-0.39, 0.29) is 23.5 Å². The first-order chi connectivity index (χ1) is 15.5. The van der Waals surface area contributed by atoms with Gasteiger partial charge in [0.15, 0.2) is 5.69 Å². The fourth-order valence-corrected chi connectivity index (χ4v) is 4.16. The van der Waals surface area contributed by atoms with Gasteiger partial charge in [-0.15, -0.1) is 0 Å². The average Bonchev–Trinajstić information content (AvgIpc) is 3.49. The number of halogens is 2. The van der Waals surface area contributed by atoms with E-state index in [0.717, 1.165) is 11.8 Å². The SMILES string of the molecule is O=CC1(C[C@@H](Cc2ccc(-c3cc(Cl)ccc3F)cc2)NC(=O)c2cn[nH]n2)CCOC1. The predicted molar refractivity (Wildman–Crippen MR) is 117 cm³/mol. The molecule has 1 amide bonds. The lowest BCUT2D eigenvalue weighted by Crippen LogP contribution is -2.42. The van der Waals surface area contributed by atoms with Crippen LogP contribution in [0.5, 0.6) is 0 Å². The van der Waals surface area contributed by atoms with Crippen molar-refractivity contribution in [2.45, 2.75) is 25.3 Å². The zero-order valence-corrected chi connectivity index (χ0v) is 17.9. The highest BCUT2D eigenvalue weighted by Gasteiger charge is 2.37. The number of benzene rings is 2. The molecule has 2 aromatic carbocycles. The molecule has 1 saturated heterocycles. The van der Waals surface area contributed by atoms with Crippen LogP contribution >= 0.6 is 11.6 Å². The first-order valence-electron chi connectivity index (χ1n) is 10.2. The second kappa shape index (κ2) is 9.58. The van der Waals surface area contributed by atoms with E-state index in [1.54, 1.807) is 6.07 Å². The van der Waals surface area contributed by atoms with Gasteiger partial charge in [-0.25, -0.2) is 4.39 Å². The largest absolute Gasteiger partial charge is 0.380 e. The maximum Gasteiger partial charge on any atom is 0.273 e. The first kappa shape index (κ1) is 22.1. The van der Waals surface area contributed by atoms with Gasteiger partial charge in [-0.3, -0.25) is 4.79 Å². The zero-order valence-electron chi connectivity index (χ0n) is 17.2. The Kier molecular flexibility index (Phi) is 6.62. The summed E-state index contributed by atoms with van der Waals surface area (Å²) in [5, 5.41) is 13.3. The Bertz CT molecular complexity index is 1080. The molecule has 1 aliphatic heterocycles. The number of aromatic amines is 1. The van der Waals surface area contributed by atoms with E-state index in [0.29, 0.717) is 48.6 Å². The summed E-state index contributed by atoms with van der Waals surface area (Å²) in [6, 6.07) is 11.5. The monoisotopic (exact) mass is 456 g/mol. The van der Waals surface area contributed by atoms with Crippen LogP contribution in [-0.2, 0) is 16.0 Å². The summed E-state index contributed by atoms with van der Waals surface area (Å²) in [6.45, 7) is 0.850. The highest BCUT2D eigenvalue weighted by molar-refractivity contribution is 6.30. The molecule has 0 aliphatic carbocycles. The van der Waals surface area contributed by atoms with Crippen LogP contribution in [0.15, 0.2) is 48.7 Å². The van der Waals surface area contributed by atoms with E-state index >= 15 is 0 Å². The van der Waals surface area contributed by atoms with Crippen molar-refractivity contribution in [3.63, 3.8) is 0 Å².